The highest BCUT2D eigenvalue weighted by atomic mass is 16.4. The number of hydrogen-bond donors (Lipinski definition) is 4. The van der Waals surface area contributed by atoms with Crippen LogP contribution in [-0.2, 0) is 9.59 Å². The normalized spacial score (nSPS) is 12.0. The van der Waals surface area contributed by atoms with E-state index in [0.717, 1.165) is 6.08 Å². The summed E-state index contributed by atoms with van der Waals surface area (Å²) in [6.07, 6.45) is -0.470. The highest BCUT2D eigenvalue weighted by molar-refractivity contribution is 5.75. The van der Waals surface area contributed by atoms with Crippen molar-refractivity contribution in [3.8, 4) is 0 Å². The maximum atomic E-state index is 9.77. The van der Waals surface area contributed by atoms with E-state index >= 15 is 0 Å². The van der Waals surface area contributed by atoms with Gasteiger partial charge in [-0.1, -0.05) is 12.7 Å². The van der Waals surface area contributed by atoms with Crippen LogP contribution in [0.4, 0.5) is 0 Å². The molecule has 1 atom stereocenters. The topological polar surface area (TPSA) is 115 Å². The molecule has 6 heteroatoms. The summed E-state index contributed by atoms with van der Waals surface area (Å²) < 4.78 is 0. The van der Waals surface area contributed by atoms with Crippen LogP contribution in [0.25, 0.3) is 0 Å². The summed E-state index contributed by atoms with van der Waals surface area (Å²) in [6, 6.07) is 0. The van der Waals surface area contributed by atoms with E-state index < -0.39 is 23.6 Å². The van der Waals surface area contributed by atoms with Gasteiger partial charge < -0.3 is 20.4 Å². The van der Waals surface area contributed by atoms with Gasteiger partial charge in [0.1, 0.15) is 0 Å². The Morgan fingerprint density at radius 1 is 1.36 bits per heavy atom. The van der Waals surface area contributed by atoms with Crippen molar-refractivity contribution in [3.63, 3.8) is 0 Å². The van der Waals surface area contributed by atoms with Crippen LogP contribution in [0.3, 0.4) is 0 Å². The van der Waals surface area contributed by atoms with E-state index in [0.29, 0.717) is 0 Å². The van der Waals surface area contributed by atoms with Crippen molar-refractivity contribution in [1.82, 2.24) is 0 Å². The molecule has 0 aliphatic rings. The van der Waals surface area contributed by atoms with Crippen LogP contribution in [-0.4, -0.2) is 44.1 Å². The minimum absolute atomic E-state index is 0.947. The molecule has 0 rings (SSSR count). The van der Waals surface area contributed by atoms with Crippen molar-refractivity contribution in [2.24, 2.45) is 0 Å². The van der Waals surface area contributed by atoms with Gasteiger partial charge in [0.05, 0.1) is 0 Å². The van der Waals surface area contributed by atoms with Crippen LogP contribution in [0.15, 0.2) is 12.7 Å². The molecular formula is C8H14O6. The molecule has 0 aromatic rings. The van der Waals surface area contributed by atoms with Crippen molar-refractivity contribution in [2.45, 2.75) is 25.6 Å². The lowest BCUT2D eigenvalue weighted by Gasteiger charge is -2.07. The summed E-state index contributed by atoms with van der Waals surface area (Å²) in [5.41, 5.74) is -1.58. The van der Waals surface area contributed by atoms with Crippen LogP contribution < -0.4 is 0 Å². The number of aliphatic hydroxyl groups excluding tert-OH is 1. The Morgan fingerprint density at radius 2 is 1.64 bits per heavy atom. The van der Waals surface area contributed by atoms with Gasteiger partial charge in [-0.3, -0.25) is 0 Å². The van der Waals surface area contributed by atoms with Crippen LogP contribution in [0, 0.1) is 0 Å². The summed E-state index contributed by atoms with van der Waals surface area (Å²) >= 11 is 0. The van der Waals surface area contributed by atoms with Gasteiger partial charge in [-0.05, 0) is 13.8 Å². The molecule has 0 fully saturated rings. The fraction of sp³-hybridized carbons (Fsp3) is 0.500. The average molecular weight is 206 g/mol. The van der Waals surface area contributed by atoms with Gasteiger partial charge in [-0.15, -0.1) is 0 Å². The first kappa shape index (κ1) is 15.1. The first-order valence-corrected chi connectivity index (χ1v) is 3.62. The first-order valence-electron chi connectivity index (χ1n) is 3.62. The predicted octanol–water partition coefficient (Wildman–Crippen LogP) is -0.540. The molecule has 0 spiro atoms. The zero-order valence-corrected chi connectivity index (χ0v) is 7.97. The van der Waals surface area contributed by atoms with Gasteiger partial charge in [0.25, 0.3) is 0 Å². The molecule has 0 aliphatic heterocycles. The molecule has 0 heterocycles. The Hall–Kier alpha value is -1.40. The Kier molecular flexibility index (Phi) is 6.59. The van der Waals surface area contributed by atoms with Crippen molar-refractivity contribution >= 4 is 11.9 Å². The van der Waals surface area contributed by atoms with Gasteiger partial charge in [-0.25, -0.2) is 9.59 Å². The van der Waals surface area contributed by atoms with Crippen LogP contribution >= 0.6 is 0 Å². The second kappa shape index (κ2) is 6.11. The second-order valence-corrected chi connectivity index (χ2v) is 2.88. The summed E-state index contributed by atoms with van der Waals surface area (Å²) in [7, 11) is 0. The van der Waals surface area contributed by atoms with E-state index in [9.17, 15) is 9.59 Å². The Morgan fingerprint density at radius 3 is 1.64 bits per heavy atom. The van der Waals surface area contributed by atoms with E-state index in [1.807, 2.05) is 0 Å². The smallest absolute Gasteiger partial charge is 0.336 e. The van der Waals surface area contributed by atoms with Gasteiger partial charge in [0.2, 0.25) is 0 Å². The largest absolute Gasteiger partial charge is 0.479 e. The molecule has 82 valence electrons. The summed E-state index contributed by atoms with van der Waals surface area (Å²) in [6.45, 7) is 5.49. The van der Waals surface area contributed by atoms with E-state index in [-0.39, 0.29) is 0 Å². The van der Waals surface area contributed by atoms with E-state index in [1.165, 1.54) is 13.8 Å². The monoisotopic (exact) mass is 206 g/mol. The molecule has 1 unspecified atom stereocenters. The molecule has 0 radical (unpaired) electrons. The van der Waals surface area contributed by atoms with Gasteiger partial charge in [0, 0.05) is 0 Å². The molecule has 0 aliphatic carbocycles. The zero-order valence-electron chi connectivity index (χ0n) is 7.97. The second-order valence-electron chi connectivity index (χ2n) is 2.88. The van der Waals surface area contributed by atoms with Crippen LogP contribution in [0.5, 0.6) is 0 Å². The van der Waals surface area contributed by atoms with Crippen molar-refractivity contribution in [2.75, 3.05) is 0 Å². The van der Waals surface area contributed by atoms with Crippen molar-refractivity contribution < 1.29 is 30.0 Å². The lowest BCUT2D eigenvalue weighted by atomic mass is 10.1. The fourth-order valence-electron chi connectivity index (χ4n) is 0.101. The van der Waals surface area contributed by atoms with Crippen LogP contribution in [0.1, 0.15) is 13.8 Å². The summed E-state index contributed by atoms with van der Waals surface area (Å²) in [5, 5.41) is 32.6. The third kappa shape index (κ3) is 8.69. The van der Waals surface area contributed by atoms with Crippen molar-refractivity contribution in [3.05, 3.63) is 12.7 Å². The average Bonchev–Trinajstić information content (AvgIpc) is 2.02. The molecule has 0 saturated heterocycles. The minimum atomic E-state index is -1.58. The predicted molar refractivity (Wildman–Crippen MR) is 47.8 cm³/mol. The quantitative estimate of drug-likeness (QED) is 0.461. The molecule has 4 N–H and O–H groups in total. The lowest BCUT2D eigenvalue weighted by Crippen LogP contribution is -2.30. The Balaban J connectivity index is 0. The van der Waals surface area contributed by atoms with Gasteiger partial charge in [-0.2, -0.15) is 0 Å². The first-order chi connectivity index (χ1) is 6.12. The number of carbonyl (C=O) groups is 2. The molecule has 0 aromatic heterocycles. The van der Waals surface area contributed by atoms with Gasteiger partial charge in [0.15, 0.2) is 11.7 Å². The van der Waals surface area contributed by atoms with Crippen LogP contribution in [0.2, 0.25) is 0 Å². The molecule has 0 bridgehead atoms. The summed E-state index contributed by atoms with van der Waals surface area (Å²) in [4.78, 5) is 19.4. The SMILES string of the molecule is C=CC(O)C(=O)O.CC(C)(O)C(=O)O. The van der Waals surface area contributed by atoms with E-state index in [2.05, 4.69) is 6.58 Å². The summed E-state index contributed by atoms with van der Waals surface area (Å²) in [5.74, 6) is -2.47. The number of rotatable bonds is 3. The standard InChI is InChI=1S/C4H8O3.C4H6O3/c1-4(2,7)3(5)6;1-2-3(5)4(6)7/h7H,1-2H3,(H,5,6);2-3,5H,1H2,(H,6,7). The van der Waals surface area contributed by atoms with Gasteiger partial charge >= 0.3 is 11.9 Å². The third-order valence-electron chi connectivity index (χ3n) is 1.000. The minimum Gasteiger partial charge on any atom is -0.479 e. The fourth-order valence-corrected chi connectivity index (χ4v) is 0.101. The molecule has 14 heavy (non-hydrogen) atoms. The number of carboxylic acid groups (broad SMARTS) is 2. The highest BCUT2D eigenvalue weighted by Crippen LogP contribution is 1.97. The maximum Gasteiger partial charge on any atom is 0.336 e. The lowest BCUT2D eigenvalue weighted by molar-refractivity contribution is -0.154. The highest BCUT2D eigenvalue weighted by Gasteiger charge is 2.21. The number of hydrogen-bond acceptors (Lipinski definition) is 4. The van der Waals surface area contributed by atoms with E-state index in [4.69, 9.17) is 20.4 Å². The number of aliphatic carboxylic acids is 2. The Bertz CT molecular complexity index is 214. The van der Waals surface area contributed by atoms with E-state index in [1.54, 1.807) is 0 Å². The molecule has 0 amide bonds. The molecular weight excluding hydrogens is 192 g/mol. The molecule has 0 aromatic carbocycles. The molecule has 6 nitrogen and oxygen atoms in total. The number of carboxylic acids is 2. The Labute approximate surface area is 81.1 Å². The zero-order chi connectivity index (χ0) is 11.9. The van der Waals surface area contributed by atoms with Crippen molar-refractivity contribution in [1.29, 1.82) is 0 Å². The number of aliphatic hydroxyl groups is 2. The maximum absolute atomic E-state index is 9.77. The third-order valence-corrected chi connectivity index (χ3v) is 1.000. The molecule has 0 saturated carbocycles.